The number of amides is 1. The van der Waals surface area contributed by atoms with E-state index < -0.39 is 18.1 Å². The number of nitrogens with zero attached hydrogens (tertiary/aromatic N) is 3. The highest BCUT2D eigenvalue weighted by molar-refractivity contribution is 5.88. The van der Waals surface area contributed by atoms with Gasteiger partial charge in [-0.05, 0) is 53.1 Å². The summed E-state index contributed by atoms with van der Waals surface area (Å²) in [6, 6.07) is 18.4. The summed E-state index contributed by atoms with van der Waals surface area (Å²) >= 11 is 0. The van der Waals surface area contributed by atoms with Gasteiger partial charge >= 0.3 is 6.09 Å². The molecule has 3 aliphatic rings. The van der Waals surface area contributed by atoms with E-state index in [1.165, 1.54) is 0 Å². The van der Waals surface area contributed by atoms with Gasteiger partial charge in [-0.15, -0.1) is 12.4 Å². The number of aromatic amines is 2. The number of hydrogen-bond donors (Lipinski definition) is 6. The van der Waals surface area contributed by atoms with Crippen molar-refractivity contribution >= 4 is 24.3 Å². The molecule has 11 nitrogen and oxygen atoms in total. The van der Waals surface area contributed by atoms with Crippen LogP contribution in [0.15, 0.2) is 73.2 Å². The van der Waals surface area contributed by atoms with Crippen LogP contribution in [0.2, 0.25) is 0 Å². The van der Waals surface area contributed by atoms with Crippen molar-refractivity contribution in [3.8, 4) is 33.6 Å². The van der Waals surface area contributed by atoms with E-state index >= 15 is 0 Å². The smallest absolute Gasteiger partial charge is 0.404 e. The van der Waals surface area contributed by atoms with Crippen LogP contribution in [0.3, 0.4) is 0 Å². The van der Waals surface area contributed by atoms with Crippen molar-refractivity contribution < 1.29 is 19.8 Å². The fourth-order valence-corrected chi connectivity index (χ4v) is 7.45. The van der Waals surface area contributed by atoms with E-state index in [2.05, 4.69) is 84.7 Å². The number of aromatic nitrogens is 5. The van der Waals surface area contributed by atoms with Crippen molar-refractivity contribution in [2.24, 2.45) is 0 Å². The number of imidazole rings is 2. The van der Waals surface area contributed by atoms with E-state index in [0.29, 0.717) is 32.4 Å². The quantitative estimate of drug-likeness (QED) is 0.147. The summed E-state index contributed by atoms with van der Waals surface area (Å²) in [5, 5.41) is 25.1. The van der Waals surface area contributed by atoms with Crippen LogP contribution in [-0.4, -0.2) is 65.3 Å². The number of nitrogens with one attached hydrogen (secondary N) is 4. The highest BCUT2D eigenvalue weighted by Crippen LogP contribution is 2.40. The molecule has 1 fully saturated rings. The van der Waals surface area contributed by atoms with Gasteiger partial charge in [0.1, 0.15) is 17.4 Å². The Labute approximate surface area is 277 Å². The Morgan fingerprint density at radius 1 is 0.894 bits per heavy atom. The number of benzene rings is 2. The minimum absolute atomic E-state index is 0. The van der Waals surface area contributed by atoms with Crippen LogP contribution in [0.5, 0.6) is 0 Å². The lowest BCUT2D eigenvalue weighted by Gasteiger charge is -2.31. The Kier molecular flexibility index (Phi) is 8.21. The number of halogens is 1. The third-order valence-corrected chi connectivity index (χ3v) is 9.78. The van der Waals surface area contributed by atoms with E-state index in [4.69, 9.17) is 4.98 Å². The molecule has 1 aliphatic carbocycles. The number of H-pyrrole nitrogens is 2. The molecule has 3 aromatic heterocycles. The lowest BCUT2D eigenvalue weighted by atomic mass is 9.79. The molecule has 2 aliphatic heterocycles. The van der Waals surface area contributed by atoms with Gasteiger partial charge in [-0.3, -0.25) is 4.79 Å². The summed E-state index contributed by atoms with van der Waals surface area (Å²) in [6.45, 7) is 1.20. The first kappa shape index (κ1) is 30.9. The number of hydrogen-bond acceptors (Lipinski definition) is 6. The number of carbonyl (C=O) groups is 2. The van der Waals surface area contributed by atoms with Crippen molar-refractivity contribution in [3.63, 3.8) is 0 Å². The number of Topliss-reactive ketones (excluding diaryl/α,β-unsaturated/α-hetero) is 1. The molecule has 1 saturated heterocycles. The predicted octanol–water partition coefficient (Wildman–Crippen LogP) is 5.18. The van der Waals surface area contributed by atoms with Gasteiger partial charge in [0.2, 0.25) is 0 Å². The highest BCUT2D eigenvalue weighted by Gasteiger charge is 2.41. The maximum absolute atomic E-state index is 13.6. The van der Waals surface area contributed by atoms with Crippen LogP contribution >= 0.6 is 12.4 Å². The van der Waals surface area contributed by atoms with Crippen LogP contribution in [0, 0.1) is 0 Å². The summed E-state index contributed by atoms with van der Waals surface area (Å²) in [5.41, 5.74) is 8.14. The molecule has 2 aromatic carbocycles. The average molecular weight is 654 g/mol. The average Bonchev–Trinajstić information content (AvgIpc) is 3.87. The van der Waals surface area contributed by atoms with E-state index in [0.717, 1.165) is 63.0 Å². The van der Waals surface area contributed by atoms with Crippen LogP contribution < -0.4 is 10.6 Å². The molecule has 5 heterocycles. The Balaban J connectivity index is 0.00000351. The first-order chi connectivity index (χ1) is 22.4. The van der Waals surface area contributed by atoms with Gasteiger partial charge in [-0.2, -0.15) is 0 Å². The number of aliphatic hydroxyl groups is 1. The second-order valence-corrected chi connectivity index (χ2v) is 12.7. The largest absolute Gasteiger partial charge is 0.465 e. The van der Waals surface area contributed by atoms with Crippen LogP contribution in [0.1, 0.15) is 60.0 Å². The lowest BCUT2D eigenvalue weighted by molar-refractivity contribution is -0.121. The molecule has 5 aromatic rings. The molecule has 242 valence electrons. The van der Waals surface area contributed by atoms with E-state index in [1.54, 1.807) is 0 Å². The zero-order chi connectivity index (χ0) is 31.4. The normalized spacial score (nSPS) is 23.5. The molecule has 47 heavy (non-hydrogen) atoms. The number of aryl methyl sites for hydroxylation is 1. The Bertz CT molecular complexity index is 1910. The predicted molar refractivity (Wildman–Crippen MR) is 178 cm³/mol. The third kappa shape index (κ3) is 5.86. The first-order valence-electron chi connectivity index (χ1n) is 15.8. The number of β-amino-alcohol motifs (C(OH)–C–C–N with tert-alkyl or cyclic N) is 1. The Morgan fingerprint density at radius 3 is 2.13 bits per heavy atom. The molecule has 1 amide bonds. The van der Waals surface area contributed by atoms with Crippen LogP contribution in [0.4, 0.5) is 4.79 Å². The van der Waals surface area contributed by atoms with Gasteiger partial charge in [0, 0.05) is 43.4 Å². The SMILES string of the molecule is Cl.O=C(O)N[C@H]1CCc2ccn3c2C1C(=O)C[C@H](c1ncc(-c2ccc(-c4ccc(-c5cnc([C@@H]6C[C@H](O)CN6)[nH]5)cc4)cc2)[nH]1)C3. The molecule has 0 spiro atoms. The zero-order valence-corrected chi connectivity index (χ0v) is 26.3. The maximum atomic E-state index is 13.6. The van der Waals surface area contributed by atoms with Crippen molar-refractivity contribution in [1.82, 2.24) is 35.1 Å². The van der Waals surface area contributed by atoms with Gasteiger partial charge in [0.05, 0.1) is 41.8 Å². The fourth-order valence-electron chi connectivity index (χ4n) is 7.45. The fraction of sp³-hybridized carbons (Fsp3) is 0.314. The maximum Gasteiger partial charge on any atom is 0.404 e. The molecule has 1 unspecified atom stereocenters. The Morgan fingerprint density at radius 2 is 1.51 bits per heavy atom. The van der Waals surface area contributed by atoms with Gasteiger partial charge in [-0.1, -0.05) is 48.5 Å². The van der Waals surface area contributed by atoms with Crippen molar-refractivity contribution in [2.45, 2.75) is 62.3 Å². The molecule has 12 heteroatoms. The summed E-state index contributed by atoms with van der Waals surface area (Å²) in [6.07, 6.45) is 6.58. The molecule has 5 atom stereocenters. The van der Waals surface area contributed by atoms with E-state index in [-0.39, 0.29) is 36.3 Å². The molecular formula is C35H36ClN7O4. The van der Waals surface area contributed by atoms with Crippen molar-refractivity contribution in [1.29, 1.82) is 0 Å². The Hall–Kier alpha value is -4.71. The van der Waals surface area contributed by atoms with E-state index in [9.17, 15) is 19.8 Å². The van der Waals surface area contributed by atoms with Crippen LogP contribution in [-0.2, 0) is 17.8 Å². The lowest BCUT2D eigenvalue weighted by Crippen LogP contribution is -2.44. The minimum Gasteiger partial charge on any atom is -0.465 e. The van der Waals surface area contributed by atoms with Gasteiger partial charge < -0.3 is 35.4 Å². The number of carboxylic acid groups (broad SMARTS) is 1. The number of carbonyl (C=O) groups excluding carboxylic acids is 1. The third-order valence-electron chi connectivity index (χ3n) is 9.78. The second-order valence-electron chi connectivity index (χ2n) is 12.7. The van der Waals surface area contributed by atoms with Gasteiger partial charge in [-0.25, -0.2) is 14.8 Å². The van der Waals surface area contributed by atoms with Crippen molar-refractivity contribution in [3.05, 3.63) is 96.1 Å². The van der Waals surface area contributed by atoms with Crippen LogP contribution in [0.25, 0.3) is 33.6 Å². The number of rotatable bonds is 6. The summed E-state index contributed by atoms with van der Waals surface area (Å²) in [4.78, 5) is 41.1. The molecule has 0 radical (unpaired) electrons. The van der Waals surface area contributed by atoms with Gasteiger partial charge in [0.15, 0.2) is 0 Å². The standard InChI is InChI=1S/C35H35N7O4.ClH/c43-25-14-27(36-15-25)34-38-17-29(40-34)22-7-3-20(4-8-22)19-1-5-21(6-2-19)28-16-37-33(39-28)24-13-30(44)31-26(41-35(45)46)10-9-23-11-12-42(18-24)32(23)31;/h1-8,11-12,16-17,24-27,31,36,41,43H,9-10,13-15,18H2,(H,37,39)(H,38,40)(H,45,46);1H/t24-,25-,26-,27-,31?;/m0./s1. The topological polar surface area (TPSA) is 161 Å². The van der Waals surface area contributed by atoms with E-state index in [1.807, 2.05) is 18.6 Å². The minimum atomic E-state index is -1.10. The molecule has 6 N–H and O–H groups in total. The highest BCUT2D eigenvalue weighted by atomic mass is 35.5. The number of ketones is 1. The molecular weight excluding hydrogens is 618 g/mol. The molecule has 0 bridgehead atoms. The summed E-state index contributed by atoms with van der Waals surface area (Å²) in [5.74, 6) is 1.04. The number of aliphatic hydroxyl groups excluding tert-OH is 1. The zero-order valence-electron chi connectivity index (χ0n) is 25.5. The van der Waals surface area contributed by atoms with Crippen molar-refractivity contribution in [2.75, 3.05) is 6.54 Å². The first-order valence-corrected chi connectivity index (χ1v) is 15.8. The molecule has 8 rings (SSSR count). The second kappa shape index (κ2) is 12.5. The summed E-state index contributed by atoms with van der Waals surface area (Å²) < 4.78 is 2.12. The van der Waals surface area contributed by atoms with Gasteiger partial charge in [0.25, 0.3) is 0 Å². The monoisotopic (exact) mass is 653 g/mol. The molecule has 0 saturated carbocycles. The summed E-state index contributed by atoms with van der Waals surface area (Å²) in [7, 11) is 0.